The molecule has 2 amide bonds. The molecule has 0 unspecified atom stereocenters. The average molecular weight is 421 g/mol. The Labute approximate surface area is 161 Å². The summed E-state index contributed by atoms with van der Waals surface area (Å²) in [5.41, 5.74) is 1.35. The molecular formula is C19H21BrN2O4. The van der Waals surface area contributed by atoms with Crippen LogP contribution in [0.2, 0.25) is 0 Å². The molecule has 0 atom stereocenters. The molecule has 0 radical (unpaired) electrons. The first-order valence-electron chi connectivity index (χ1n) is 7.97. The molecule has 0 heterocycles. The molecule has 6 nitrogen and oxygen atoms in total. The quantitative estimate of drug-likeness (QED) is 0.696. The number of amides is 2. The van der Waals surface area contributed by atoms with Gasteiger partial charge in [-0.3, -0.25) is 9.59 Å². The minimum atomic E-state index is -0.312. The van der Waals surface area contributed by atoms with Gasteiger partial charge in [0.05, 0.1) is 22.3 Å². The number of rotatable bonds is 7. The van der Waals surface area contributed by atoms with Crippen molar-refractivity contribution in [3.8, 4) is 5.75 Å². The summed E-state index contributed by atoms with van der Waals surface area (Å²) in [6.45, 7) is 0.895. The van der Waals surface area contributed by atoms with Gasteiger partial charge < -0.3 is 19.7 Å². The highest BCUT2D eigenvalue weighted by molar-refractivity contribution is 9.10. The monoisotopic (exact) mass is 420 g/mol. The van der Waals surface area contributed by atoms with E-state index in [1.807, 2.05) is 0 Å². The molecule has 0 spiro atoms. The molecule has 0 aromatic heterocycles. The number of hydrogen-bond donors (Lipinski definition) is 1. The zero-order valence-electron chi connectivity index (χ0n) is 14.9. The van der Waals surface area contributed by atoms with E-state index in [0.29, 0.717) is 40.3 Å². The van der Waals surface area contributed by atoms with Crippen LogP contribution in [0, 0.1) is 0 Å². The van der Waals surface area contributed by atoms with Crippen LogP contribution in [0.5, 0.6) is 5.75 Å². The maximum atomic E-state index is 12.6. The maximum absolute atomic E-state index is 12.6. The van der Waals surface area contributed by atoms with Crippen LogP contribution in [0.3, 0.4) is 0 Å². The van der Waals surface area contributed by atoms with Crippen molar-refractivity contribution in [3.05, 3.63) is 58.1 Å². The van der Waals surface area contributed by atoms with Gasteiger partial charge in [-0.15, -0.1) is 0 Å². The smallest absolute Gasteiger partial charge is 0.255 e. The lowest BCUT2D eigenvalue weighted by atomic mass is 10.1. The Bertz CT molecular complexity index is 793. The Morgan fingerprint density at radius 3 is 2.50 bits per heavy atom. The number of hydrogen-bond acceptors (Lipinski definition) is 4. The first kappa shape index (κ1) is 19.9. The summed E-state index contributed by atoms with van der Waals surface area (Å²) in [5, 5.41) is 2.79. The standard InChI is InChI=1S/C19H21BrN2O4/c1-22(2)19(24)14-6-4-5-7-16(14)21-18(23)13-8-9-17(15(20)12-13)26-11-10-25-3/h4-9,12H,10-11H2,1-3H3,(H,21,23). The van der Waals surface area contributed by atoms with Gasteiger partial charge in [-0.2, -0.15) is 0 Å². The Morgan fingerprint density at radius 1 is 1.12 bits per heavy atom. The summed E-state index contributed by atoms with van der Waals surface area (Å²) in [7, 11) is 4.94. The lowest BCUT2D eigenvalue weighted by Gasteiger charge is -2.15. The normalized spacial score (nSPS) is 10.3. The topological polar surface area (TPSA) is 67.9 Å². The number of carbonyl (C=O) groups excluding carboxylic acids is 2. The van der Waals surface area contributed by atoms with E-state index < -0.39 is 0 Å². The van der Waals surface area contributed by atoms with Crippen LogP contribution >= 0.6 is 15.9 Å². The predicted molar refractivity (Wildman–Crippen MR) is 104 cm³/mol. The highest BCUT2D eigenvalue weighted by Crippen LogP contribution is 2.27. The van der Waals surface area contributed by atoms with E-state index in [2.05, 4.69) is 21.2 Å². The number of carbonyl (C=O) groups is 2. The number of para-hydroxylation sites is 1. The van der Waals surface area contributed by atoms with Gasteiger partial charge in [0, 0.05) is 26.8 Å². The summed E-state index contributed by atoms with van der Waals surface area (Å²) in [6.07, 6.45) is 0. The van der Waals surface area contributed by atoms with Gasteiger partial charge in [-0.1, -0.05) is 12.1 Å². The predicted octanol–water partition coefficient (Wildman–Crippen LogP) is 3.43. The third kappa shape index (κ3) is 5.06. The second kappa shape index (κ2) is 9.35. The van der Waals surface area contributed by atoms with Crippen molar-refractivity contribution in [1.82, 2.24) is 4.90 Å². The molecule has 26 heavy (non-hydrogen) atoms. The van der Waals surface area contributed by atoms with E-state index in [9.17, 15) is 9.59 Å². The first-order chi connectivity index (χ1) is 12.4. The fourth-order valence-corrected chi connectivity index (χ4v) is 2.70. The molecule has 0 saturated heterocycles. The number of halogens is 1. The van der Waals surface area contributed by atoms with E-state index in [1.165, 1.54) is 4.90 Å². The van der Waals surface area contributed by atoms with Crippen molar-refractivity contribution < 1.29 is 19.1 Å². The minimum absolute atomic E-state index is 0.177. The Kier molecular flexibility index (Phi) is 7.17. The average Bonchev–Trinajstić information content (AvgIpc) is 2.63. The lowest BCUT2D eigenvalue weighted by Crippen LogP contribution is -2.24. The van der Waals surface area contributed by atoms with Crippen LogP contribution in [-0.2, 0) is 4.74 Å². The summed E-state index contributed by atoms with van der Waals surface area (Å²) in [5.74, 6) is 0.138. The summed E-state index contributed by atoms with van der Waals surface area (Å²) in [4.78, 5) is 26.3. The van der Waals surface area contributed by atoms with Crippen molar-refractivity contribution in [3.63, 3.8) is 0 Å². The fourth-order valence-electron chi connectivity index (χ4n) is 2.21. The zero-order chi connectivity index (χ0) is 19.1. The van der Waals surface area contributed by atoms with Crippen LogP contribution in [-0.4, -0.2) is 51.1 Å². The molecule has 2 aromatic rings. The van der Waals surface area contributed by atoms with Crippen LogP contribution in [0.4, 0.5) is 5.69 Å². The fraction of sp³-hybridized carbons (Fsp3) is 0.263. The maximum Gasteiger partial charge on any atom is 0.255 e. The van der Waals surface area contributed by atoms with Gasteiger partial charge in [0.25, 0.3) is 11.8 Å². The van der Waals surface area contributed by atoms with Crippen LogP contribution < -0.4 is 10.1 Å². The first-order valence-corrected chi connectivity index (χ1v) is 8.76. The largest absolute Gasteiger partial charge is 0.490 e. The van der Waals surface area contributed by atoms with E-state index in [0.717, 1.165) is 0 Å². The highest BCUT2D eigenvalue weighted by atomic mass is 79.9. The number of ether oxygens (including phenoxy) is 2. The van der Waals surface area contributed by atoms with Gasteiger partial charge in [-0.05, 0) is 46.3 Å². The summed E-state index contributed by atoms with van der Waals surface area (Å²) in [6, 6.07) is 12.0. The van der Waals surface area contributed by atoms with Gasteiger partial charge in [-0.25, -0.2) is 0 Å². The molecule has 0 bridgehead atoms. The van der Waals surface area contributed by atoms with E-state index in [-0.39, 0.29) is 11.8 Å². The molecule has 0 fully saturated rings. The van der Waals surface area contributed by atoms with Crippen LogP contribution in [0.15, 0.2) is 46.9 Å². The van der Waals surface area contributed by atoms with Gasteiger partial charge >= 0.3 is 0 Å². The summed E-state index contributed by atoms with van der Waals surface area (Å²) >= 11 is 3.40. The van der Waals surface area contributed by atoms with E-state index in [1.54, 1.807) is 63.7 Å². The molecule has 2 rings (SSSR count). The number of nitrogens with one attached hydrogen (secondary N) is 1. The molecule has 0 aliphatic rings. The minimum Gasteiger partial charge on any atom is -0.490 e. The third-order valence-corrected chi connectivity index (χ3v) is 4.17. The van der Waals surface area contributed by atoms with Gasteiger partial charge in [0.1, 0.15) is 12.4 Å². The summed E-state index contributed by atoms with van der Waals surface area (Å²) < 4.78 is 11.2. The molecular weight excluding hydrogens is 400 g/mol. The van der Waals surface area contributed by atoms with Crippen LogP contribution in [0.25, 0.3) is 0 Å². The van der Waals surface area contributed by atoms with Gasteiger partial charge in [0.2, 0.25) is 0 Å². The molecule has 2 aromatic carbocycles. The zero-order valence-corrected chi connectivity index (χ0v) is 16.5. The second-order valence-corrected chi connectivity index (χ2v) is 6.54. The molecule has 0 aliphatic carbocycles. The molecule has 0 aliphatic heterocycles. The number of methoxy groups -OCH3 is 1. The second-order valence-electron chi connectivity index (χ2n) is 5.69. The van der Waals surface area contributed by atoms with E-state index in [4.69, 9.17) is 9.47 Å². The number of anilines is 1. The van der Waals surface area contributed by atoms with Gasteiger partial charge in [0.15, 0.2) is 0 Å². The Balaban J connectivity index is 2.16. The number of benzene rings is 2. The van der Waals surface area contributed by atoms with Crippen molar-refractivity contribution in [2.45, 2.75) is 0 Å². The molecule has 0 saturated carbocycles. The molecule has 1 N–H and O–H groups in total. The molecule has 138 valence electrons. The molecule has 7 heteroatoms. The van der Waals surface area contributed by atoms with Crippen molar-refractivity contribution in [2.75, 3.05) is 39.7 Å². The van der Waals surface area contributed by atoms with Crippen LogP contribution in [0.1, 0.15) is 20.7 Å². The lowest BCUT2D eigenvalue weighted by molar-refractivity contribution is 0.0828. The van der Waals surface area contributed by atoms with E-state index >= 15 is 0 Å². The SMILES string of the molecule is COCCOc1ccc(C(=O)Nc2ccccc2C(=O)N(C)C)cc1Br. The highest BCUT2D eigenvalue weighted by Gasteiger charge is 2.16. The third-order valence-electron chi connectivity index (χ3n) is 3.55. The van der Waals surface area contributed by atoms with Crippen molar-refractivity contribution in [2.24, 2.45) is 0 Å². The van der Waals surface area contributed by atoms with Crippen molar-refractivity contribution >= 4 is 33.4 Å². The Morgan fingerprint density at radius 2 is 1.85 bits per heavy atom. The van der Waals surface area contributed by atoms with Crippen molar-refractivity contribution in [1.29, 1.82) is 0 Å². The Hall–Kier alpha value is -2.38. The number of nitrogens with zero attached hydrogens (tertiary/aromatic N) is 1.